The molecule has 1 aliphatic heterocycles. The Labute approximate surface area is 523 Å². The Bertz CT molecular complexity index is 3130. The zero-order valence-electron chi connectivity index (χ0n) is 53.2. The summed E-state index contributed by atoms with van der Waals surface area (Å²) in [6.45, 7) is 18.4. The molecule has 486 valence electrons. The van der Waals surface area contributed by atoms with Crippen LogP contribution in [-0.2, 0) is 77.4 Å². The molecule has 4 rings (SSSR count). The van der Waals surface area contributed by atoms with Crippen LogP contribution in [0.5, 0.6) is 0 Å². The Morgan fingerprint density at radius 3 is 1.90 bits per heavy atom. The summed E-state index contributed by atoms with van der Waals surface area (Å²) in [6, 6.07) is 17.0. The molecule has 89 heavy (non-hydrogen) atoms. The number of likely N-dealkylation sites (N-methyl/N-ethyl adjacent to an activating group) is 2. The second-order valence-corrected chi connectivity index (χ2v) is 26.3. The van der Waals surface area contributed by atoms with Crippen LogP contribution in [0.1, 0.15) is 130 Å². The van der Waals surface area contributed by atoms with Gasteiger partial charge in [0.25, 0.3) is 17.7 Å². The Balaban J connectivity index is 1.30. The molecule has 1 heterocycles. The van der Waals surface area contributed by atoms with Gasteiger partial charge in [-0.05, 0) is 91.3 Å². The van der Waals surface area contributed by atoms with E-state index >= 15 is 0 Å². The number of nitrogens with one attached hydrogen (secondary N) is 8. The summed E-state index contributed by atoms with van der Waals surface area (Å²) in [5.74, 6) is -4.88. The third-order valence-electron chi connectivity index (χ3n) is 15.2. The smallest absolute Gasteiger partial charge is 0.407 e. The largest absolute Gasteiger partial charge is 0.445 e. The maximum absolute atomic E-state index is 14.5. The lowest BCUT2D eigenvalue weighted by Crippen LogP contribution is -2.61. The van der Waals surface area contributed by atoms with Crippen LogP contribution in [-0.4, -0.2) is 135 Å². The summed E-state index contributed by atoms with van der Waals surface area (Å²) < 4.78 is 33.3. The summed E-state index contributed by atoms with van der Waals surface area (Å²) in [5.41, 5.74) is 6.72. The van der Waals surface area contributed by atoms with Crippen LogP contribution in [0.4, 0.5) is 15.3 Å². The lowest BCUT2D eigenvalue weighted by atomic mass is 9.76. The van der Waals surface area contributed by atoms with Crippen LogP contribution in [0.3, 0.4) is 0 Å². The van der Waals surface area contributed by atoms with Gasteiger partial charge in [0.2, 0.25) is 39.6 Å². The number of imide groups is 1. The van der Waals surface area contributed by atoms with Crippen molar-refractivity contribution in [3.05, 3.63) is 125 Å². The number of urea groups is 1. The quantitative estimate of drug-likeness (QED) is 0.0218. The molecule has 0 saturated carbocycles. The monoisotopic (exact) mass is 1250 g/mol. The highest BCUT2D eigenvalue weighted by Gasteiger charge is 2.42. The Morgan fingerprint density at radius 2 is 1.33 bits per heavy atom. The van der Waals surface area contributed by atoms with Crippen molar-refractivity contribution >= 4 is 75.1 Å². The van der Waals surface area contributed by atoms with Crippen LogP contribution < -0.4 is 47.7 Å². The number of carbonyl (C=O) groups excluding carboxylic acids is 10. The van der Waals surface area contributed by atoms with Crippen LogP contribution >= 0.6 is 0 Å². The zero-order chi connectivity index (χ0) is 66.4. The van der Waals surface area contributed by atoms with Crippen molar-refractivity contribution in [2.45, 2.75) is 162 Å². The summed E-state index contributed by atoms with van der Waals surface area (Å²) >= 11 is 0. The predicted molar refractivity (Wildman–Crippen MR) is 338 cm³/mol. The van der Waals surface area contributed by atoms with Crippen LogP contribution in [0.25, 0.3) is 0 Å². The Morgan fingerprint density at radius 1 is 0.708 bits per heavy atom. The number of benzene rings is 3. The van der Waals surface area contributed by atoms with Gasteiger partial charge in [-0.3, -0.25) is 43.3 Å². The van der Waals surface area contributed by atoms with Crippen molar-refractivity contribution in [3.8, 4) is 0 Å². The molecule has 3 aromatic carbocycles. The number of primary amides is 1. The SMILES string of the molecule is CN[C@H](C(=O)N[C@H](C(=O)N(C)[C@H](/C=C(\C)C(=O)NS(=O)(=O)Cc1ccccc1)C(C)C)C(C)(C)C)C(C)(C)c1ccc(CNC(=O)OCc2ccc(NC(=O)[C@@H](CCCNC(N)=O)NC(=O)[C@H](NC(=O)CCCCCN3C(=O)C=CC3=O)C(C)C)cc2)cc1. The second-order valence-electron chi connectivity index (χ2n) is 24.5. The van der Waals surface area contributed by atoms with Gasteiger partial charge in [-0.25, -0.2) is 22.7 Å². The van der Waals surface area contributed by atoms with E-state index in [4.69, 9.17) is 10.5 Å². The minimum absolute atomic E-state index is 0.0987. The van der Waals surface area contributed by atoms with Crippen LogP contribution in [0.15, 0.2) is 103 Å². The van der Waals surface area contributed by atoms with E-state index in [1.165, 1.54) is 24.0 Å². The molecule has 24 nitrogen and oxygen atoms in total. The van der Waals surface area contributed by atoms with Crippen molar-refractivity contribution in [2.75, 3.05) is 32.5 Å². The van der Waals surface area contributed by atoms with Crippen molar-refractivity contribution in [1.29, 1.82) is 0 Å². The first-order chi connectivity index (χ1) is 41.7. The van der Waals surface area contributed by atoms with E-state index in [-0.39, 0.29) is 86.4 Å². The van der Waals surface area contributed by atoms with E-state index in [1.54, 1.807) is 88.6 Å². The van der Waals surface area contributed by atoms with Gasteiger partial charge in [0.05, 0.1) is 17.8 Å². The highest BCUT2D eigenvalue weighted by atomic mass is 32.2. The van der Waals surface area contributed by atoms with E-state index in [2.05, 4.69) is 41.9 Å². The van der Waals surface area contributed by atoms with Gasteiger partial charge in [-0.15, -0.1) is 0 Å². The summed E-state index contributed by atoms with van der Waals surface area (Å²) in [5, 5.41) is 19.6. The van der Waals surface area contributed by atoms with Gasteiger partial charge in [0, 0.05) is 61.9 Å². The van der Waals surface area contributed by atoms with Gasteiger partial charge in [0.1, 0.15) is 24.7 Å². The predicted octanol–water partition coefficient (Wildman–Crippen LogP) is 5.08. The van der Waals surface area contributed by atoms with Crippen molar-refractivity contribution in [3.63, 3.8) is 0 Å². The van der Waals surface area contributed by atoms with E-state index in [9.17, 15) is 56.4 Å². The molecule has 0 unspecified atom stereocenters. The number of amides is 11. The van der Waals surface area contributed by atoms with E-state index < -0.39 is 92.7 Å². The molecule has 0 aliphatic carbocycles. The van der Waals surface area contributed by atoms with E-state index in [0.29, 0.717) is 36.1 Å². The minimum atomic E-state index is -4.02. The molecular weight excluding hydrogens is 1160 g/mol. The van der Waals surface area contributed by atoms with Crippen molar-refractivity contribution in [2.24, 2.45) is 23.0 Å². The number of hydrogen-bond donors (Lipinski definition) is 9. The normalized spacial score (nSPS) is 14.4. The molecule has 0 fully saturated rings. The first kappa shape index (κ1) is 73.0. The molecule has 3 aromatic rings. The number of sulfonamides is 1. The summed E-state index contributed by atoms with van der Waals surface area (Å²) in [6.07, 6.45) is 5.31. The number of nitrogens with zero attached hydrogens (tertiary/aromatic N) is 2. The molecule has 0 spiro atoms. The molecule has 10 N–H and O–H groups in total. The van der Waals surface area contributed by atoms with Crippen LogP contribution in [0, 0.1) is 17.3 Å². The number of anilines is 1. The van der Waals surface area contributed by atoms with Gasteiger partial charge < -0.3 is 52.6 Å². The zero-order valence-corrected chi connectivity index (χ0v) is 54.1. The number of carbonyl (C=O) groups is 10. The third kappa shape index (κ3) is 23.2. The Kier molecular flexibility index (Phi) is 27.7. The highest BCUT2D eigenvalue weighted by molar-refractivity contribution is 7.89. The first-order valence-electron chi connectivity index (χ1n) is 29.8. The lowest BCUT2D eigenvalue weighted by Gasteiger charge is -2.40. The third-order valence-corrected chi connectivity index (χ3v) is 16.4. The van der Waals surface area contributed by atoms with Crippen LogP contribution in [0.2, 0.25) is 0 Å². The van der Waals surface area contributed by atoms with Gasteiger partial charge in [-0.2, -0.15) is 0 Å². The lowest BCUT2D eigenvalue weighted by molar-refractivity contribution is -0.141. The number of hydrogen-bond acceptors (Lipinski definition) is 14. The topological polar surface area (TPSA) is 343 Å². The maximum atomic E-state index is 14.5. The number of rotatable bonds is 33. The average molecular weight is 1250 g/mol. The molecular formula is C64H91N11O13S. The highest BCUT2D eigenvalue weighted by Crippen LogP contribution is 2.30. The Hall–Kier alpha value is -8.45. The van der Waals surface area contributed by atoms with Crippen molar-refractivity contribution < 1.29 is 61.1 Å². The summed E-state index contributed by atoms with van der Waals surface area (Å²) in [4.78, 5) is 133. The summed E-state index contributed by atoms with van der Waals surface area (Å²) in [7, 11) is -0.783. The van der Waals surface area contributed by atoms with Crippen molar-refractivity contribution in [1.82, 2.24) is 46.4 Å². The minimum Gasteiger partial charge on any atom is -0.445 e. The fourth-order valence-corrected chi connectivity index (χ4v) is 11.0. The fourth-order valence-electron chi connectivity index (χ4n) is 9.90. The molecule has 0 saturated heterocycles. The molecule has 11 amide bonds. The number of unbranched alkanes of at least 4 members (excludes halogenated alkanes) is 2. The maximum Gasteiger partial charge on any atom is 0.407 e. The van der Waals surface area contributed by atoms with Gasteiger partial charge in [-0.1, -0.05) is 142 Å². The molecule has 25 heteroatoms. The average Bonchev–Trinajstić information content (AvgIpc) is 3.28. The molecule has 0 radical (unpaired) electrons. The molecule has 5 atom stereocenters. The molecule has 0 bridgehead atoms. The number of ether oxygens (including phenoxy) is 1. The van der Waals surface area contributed by atoms with Gasteiger partial charge in [0.15, 0.2) is 0 Å². The van der Waals surface area contributed by atoms with Gasteiger partial charge >= 0.3 is 12.1 Å². The first-order valence-corrected chi connectivity index (χ1v) is 31.5. The second kappa shape index (κ2) is 33.8. The standard InChI is InChI=1S/C64H91N11O13S/c1-40(2)49(36-42(5)56(79)73-89(86,87)39-45-20-15-13-16-21-45)74(12)60(83)55(63(6,7)8)72-59(82)54(66-11)64(9,10)46-28-24-43(25-29-46)37-68-62(85)88-38-44-26-30-47(31-27-44)69-57(80)48(22-19-34-67-61(65)84)70-58(81)53(41(3)4)71-50(76)23-17-14-18-35-75-51(77)32-33-52(75)78/h13,15-16,20-21,24-33,36,40-41,48-49,53-55,66H,14,17-19,22-23,34-35,37-39H2,1-12H3,(H,68,85)(H,69,80)(H,70,81)(H,71,76)(H,72,82)(H,73,79)(H3,65,67,84)/b42-36+/t48-,49-,53-,54-,55-/m1/s1. The van der Waals surface area contributed by atoms with E-state index in [0.717, 1.165) is 16.0 Å². The number of nitrogens with two attached hydrogens (primary N) is 1. The molecule has 0 aromatic heterocycles. The fraction of sp³-hybridized carbons (Fsp3) is 0.500. The van der Waals surface area contributed by atoms with E-state index in [1.807, 2.05) is 72.7 Å². The molecule has 1 aliphatic rings. The number of alkyl carbamates (subject to hydrolysis) is 1.